The predicted octanol–water partition coefficient (Wildman–Crippen LogP) is 13.7. The highest BCUT2D eigenvalue weighted by Gasteiger charge is 2.30. The molecule has 304 valence electrons. The summed E-state index contributed by atoms with van der Waals surface area (Å²) >= 11 is 0. The number of carbonyl (C=O) groups excluding carboxylic acids is 2. The molecule has 1 fully saturated rings. The first-order valence-electron chi connectivity index (χ1n) is 23.1. The number of unbranched alkanes of at least 4 members (excludes halogenated alkanes) is 18. The fourth-order valence-electron chi connectivity index (χ4n) is 7.94. The Morgan fingerprint density at radius 2 is 1.23 bits per heavy atom. The summed E-state index contributed by atoms with van der Waals surface area (Å²) < 4.78 is 2.27. The molecular formula is C48H85N3O2. The average molecular weight is 736 g/mol. The number of aromatic nitrogens is 1. The van der Waals surface area contributed by atoms with E-state index in [1.54, 1.807) is 0 Å². The molecule has 1 unspecified atom stereocenters. The minimum absolute atomic E-state index is 0.104. The molecule has 1 saturated carbocycles. The fraction of sp³-hybridized carbons (Fsp3) is 0.792. The van der Waals surface area contributed by atoms with Crippen LogP contribution in [0.2, 0.25) is 0 Å². The van der Waals surface area contributed by atoms with Crippen LogP contribution in [0, 0.1) is 6.92 Å². The largest absolute Gasteiger partial charge is 0.352 e. The first-order chi connectivity index (χ1) is 26.1. The highest BCUT2D eigenvalue weighted by molar-refractivity contribution is 5.87. The van der Waals surface area contributed by atoms with E-state index in [0.717, 1.165) is 57.9 Å². The Labute approximate surface area is 328 Å². The third-order valence-electron chi connectivity index (χ3n) is 11.4. The molecule has 1 aromatic heterocycles. The zero-order chi connectivity index (χ0) is 38.0. The summed E-state index contributed by atoms with van der Waals surface area (Å²) in [5.41, 5.74) is 1.25. The molecule has 53 heavy (non-hydrogen) atoms. The van der Waals surface area contributed by atoms with Gasteiger partial charge in [0.25, 0.3) is 0 Å². The van der Waals surface area contributed by atoms with E-state index in [1.165, 1.54) is 147 Å². The van der Waals surface area contributed by atoms with Gasteiger partial charge in [-0.15, -0.1) is 0 Å². The van der Waals surface area contributed by atoms with Gasteiger partial charge in [-0.05, 0) is 96.1 Å². The van der Waals surface area contributed by atoms with E-state index in [4.69, 9.17) is 0 Å². The van der Waals surface area contributed by atoms with Crippen molar-refractivity contribution in [2.45, 2.75) is 238 Å². The van der Waals surface area contributed by atoms with Crippen LogP contribution < -0.4 is 5.32 Å². The number of nitrogens with one attached hydrogen (secondary N) is 1. The zero-order valence-corrected chi connectivity index (χ0v) is 35.2. The summed E-state index contributed by atoms with van der Waals surface area (Å²) in [6.07, 6.45) is 47.9. The van der Waals surface area contributed by atoms with Crippen molar-refractivity contribution in [3.05, 3.63) is 48.3 Å². The van der Waals surface area contributed by atoms with Crippen LogP contribution in [-0.2, 0) is 16.1 Å². The fourth-order valence-corrected chi connectivity index (χ4v) is 7.94. The summed E-state index contributed by atoms with van der Waals surface area (Å²) in [4.78, 5) is 30.2. The van der Waals surface area contributed by atoms with Crippen LogP contribution in [0.5, 0.6) is 0 Å². The second-order valence-electron chi connectivity index (χ2n) is 16.3. The van der Waals surface area contributed by atoms with Crippen molar-refractivity contribution in [1.29, 1.82) is 0 Å². The molecular weight excluding hydrogens is 651 g/mol. The molecule has 0 aliphatic heterocycles. The van der Waals surface area contributed by atoms with Crippen molar-refractivity contribution < 1.29 is 9.59 Å². The van der Waals surface area contributed by atoms with Crippen LogP contribution in [0.3, 0.4) is 0 Å². The first-order valence-corrected chi connectivity index (χ1v) is 23.1. The maximum Gasteiger partial charge on any atom is 0.243 e. The third kappa shape index (κ3) is 24.0. The summed E-state index contributed by atoms with van der Waals surface area (Å²) in [5, 5.41) is 3.47. The van der Waals surface area contributed by atoms with Gasteiger partial charge in [-0.1, -0.05) is 154 Å². The van der Waals surface area contributed by atoms with Crippen LogP contribution in [0.1, 0.15) is 219 Å². The highest BCUT2D eigenvalue weighted by Crippen LogP contribution is 2.21. The average Bonchev–Trinajstić information content (AvgIpc) is 3.39. The highest BCUT2D eigenvalue weighted by atomic mass is 16.2. The number of rotatable bonds is 33. The number of hydrogen-bond donors (Lipinski definition) is 1. The van der Waals surface area contributed by atoms with Gasteiger partial charge in [-0.3, -0.25) is 9.59 Å². The molecule has 0 bridgehead atoms. The molecule has 0 spiro atoms. The van der Waals surface area contributed by atoms with Crippen molar-refractivity contribution >= 4 is 11.8 Å². The van der Waals surface area contributed by atoms with Crippen molar-refractivity contribution in [2.75, 3.05) is 6.54 Å². The van der Waals surface area contributed by atoms with Crippen molar-refractivity contribution in [3.8, 4) is 0 Å². The molecule has 1 aliphatic rings. The summed E-state index contributed by atoms with van der Waals surface area (Å²) in [5.74, 6) is 0.290. The van der Waals surface area contributed by atoms with E-state index in [-0.39, 0.29) is 23.9 Å². The Morgan fingerprint density at radius 3 is 1.79 bits per heavy atom. The van der Waals surface area contributed by atoms with Gasteiger partial charge < -0.3 is 14.8 Å². The molecule has 1 atom stereocenters. The molecule has 1 N–H and O–H groups in total. The van der Waals surface area contributed by atoms with Crippen LogP contribution >= 0.6 is 0 Å². The molecule has 0 aromatic carbocycles. The lowest BCUT2D eigenvalue weighted by Crippen LogP contribution is -2.52. The Morgan fingerprint density at radius 1 is 0.698 bits per heavy atom. The van der Waals surface area contributed by atoms with Gasteiger partial charge in [0.05, 0.1) is 0 Å². The normalized spacial score (nSPS) is 14.6. The minimum Gasteiger partial charge on any atom is -0.352 e. The van der Waals surface area contributed by atoms with Crippen LogP contribution in [0.4, 0.5) is 0 Å². The SMILES string of the molecule is CCCC/C=C\CCCCCCCCCC(C(=O)NC1CCCCCC1)N(CCCn1cccc1C)C(=O)CCCCCCC/C=C\CCCCCC. The van der Waals surface area contributed by atoms with E-state index in [1.807, 2.05) is 4.90 Å². The Bertz CT molecular complexity index is 1070. The monoisotopic (exact) mass is 736 g/mol. The number of carbonyl (C=O) groups is 2. The van der Waals surface area contributed by atoms with Gasteiger partial charge in [-0.25, -0.2) is 0 Å². The first kappa shape index (κ1) is 46.9. The van der Waals surface area contributed by atoms with Gasteiger partial charge in [0, 0.05) is 37.4 Å². The molecule has 5 nitrogen and oxygen atoms in total. The van der Waals surface area contributed by atoms with Crippen molar-refractivity contribution in [1.82, 2.24) is 14.8 Å². The number of nitrogens with zero attached hydrogens (tertiary/aromatic N) is 2. The zero-order valence-electron chi connectivity index (χ0n) is 35.2. The van der Waals surface area contributed by atoms with Gasteiger partial charge in [0.1, 0.15) is 6.04 Å². The lowest BCUT2D eigenvalue weighted by atomic mass is 10.0. The van der Waals surface area contributed by atoms with E-state index in [2.05, 4.69) is 73.3 Å². The van der Waals surface area contributed by atoms with Gasteiger partial charge in [0.2, 0.25) is 11.8 Å². The van der Waals surface area contributed by atoms with Crippen molar-refractivity contribution in [3.63, 3.8) is 0 Å². The topological polar surface area (TPSA) is 54.3 Å². The smallest absolute Gasteiger partial charge is 0.243 e. The maximum absolute atomic E-state index is 14.1. The van der Waals surface area contributed by atoms with Crippen LogP contribution in [0.15, 0.2) is 42.6 Å². The lowest BCUT2D eigenvalue weighted by Gasteiger charge is -2.33. The van der Waals surface area contributed by atoms with Crippen LogP contribution in [-0.4, -0.2) is 39.9 Å². The lowest BCUT2D eigenvalue weighted by molar-refractivity contribution is -0.141. The molecule has 1 aromatic rings. The summed E-state index contributed by atoms with van der Waals surface area (Å²) in [6.45, 7) is 8.19. The number of hydrogen-bond acceptors (Lipinski definition) is 2. The quantitative estimate of drug-likeness (QED) is 0.0444. The van der Waals surface area contributed by atoms with Gasteiger partial charge in [-0.2, -0.15) is 0 Å². The van der Waals surface area contributed by atoms with E-state index in [9.17, 15) is 9.59 Å². The Balaban J connectivity index is 1.91. The number of amides is 2. The Kier molecular flexibility index (Phi) is 29.2. The van der Waals surface area contributed by atoms with Crippen LogP contribution in [0.25, 0.3) is 0 Å². The van der Waals surface area contributed by atoms with E-state index in [0.29, 0.717) is 13.0 Å². The number of aryl methyl sites for hydroxylation is 2. The second kappa shape index (κ2) is 33.1. The molecule has 0 saturated heterocycles. The van der Waals surface area contributed by atoms with E-state index < -0.39 is 0 Å². The minimum atomic E-state index is -0.357. The van der Waals surface area contributed by atoms with Crippen molar-refractivity contribution in [2.24, 2.45) is 0 Å². The van der Waals surface area contributed by atoms with E-state index >= 15 is 0 Å². The maximum atomic E-state index is 14.1. The third-order valence-corrected chi connectivity index (χ3v) is 11.4. The molecule has 2 rings (SSSR count). The number of allylic oxidation sites excluding steroid dienone is 4. The molecule has 1 heterocycles. The molecule has 5 heteroatoms. The second-order valence-corrected chi connectivity index (χ2v) is 16.3. The van der Waals surface area contributed by atoms with Gasteiger partial charge in [0.15, 0.2) is 0 Å². The Hall–Kier alpha value is -2.30. The van der Waals surface area contributed by atoms with Gasteiger partial charge >= 0.3 is 0 Å². The molecule has 1 aliphatic carbocycles. The standard InChI is InChI=1S/C48H85N3O2/c1-4-6-8-10-12-14-16-18-20-22-24-26-32-39-46(48(53)49-45-37-30-28-29-31-38-45)51(43-35-42-50-41-34-36-44(50)3)47(52)40-33-27-25-23-21-19-17-15-13-11-9-7-5-2/h10,12,15,17,34,36,41,45-46H,4-9,11,13-14,16,18-33,35,37-40,42-43H2,1-3H3,(H,49,53)/b12-10-,17-15-. The predicted molar refractivity (Wildman–Crippen MR) is 229 cm³/mol. The summed E-state index contributed by atoms with van der Waals surface area (Å²) in [7, 11) is 0. The summed E-state index contributed by atoms with van der Waals surface area (Å²) in [6, 6.07) is 4.13. The molecule has 0 radical (unpaired) electrons. The molecule has 2 amide bonds.